The van der Waals surface area contributed by atoms with Gasteiger partial charge in [-0.2, -0.15) is 4.98 Å². The molecule has 5 nitrogen and oxygen atoms in total. The number of aromatic nitrogens is 4. The maximum Gasteiger partial charge on any atom is 0.253 e. The lowest BCUT2D eigenvalue weighted by molar-refractivity contribution is 0.0963. The molecule has 112 valence electrons. The molecule has 0 radical (unpaired) electrons. The Bertz CT molecular complexity index is 841. The van der Waals surface area contributed by atoms with E-state index in [1.165, 1.54) is 4.88 Å². The molecule has 3 heterocycles. The second-order valence-corrected chi connectivity index (χ2v) is 7.43. The lowest BCUT2D eigenvalue weighted by Crippen LogP contribution is -2.20. The summed E-state index contributed by atoms with van der Waals surface area (Å²) in [5, 5.41) is 7.13. The van der Waals surface area contributed by atoms with Gasteiger partial charge in [-0.1, -0.05) is 24.8 Å². The van der Waals surface area contributed by atoms with Gasteiger partial charge in [-0.25, -0.2) is 9.50 Å². The van der Waals surface area contributed by atoms with Crippen LogP contribution in [0.2, 0.25) is 0 Å². The van der Waals surface area contributed by atoms with Crippen LogP contribution in [0.4, 0.5) is 0 Å². The van der Waals surface area contributed by atoms with Crippen molar-refractivity contribution in [2.75, 3.05) is 5.75 Å². The van der Waals surface area contributed by atoms with Crippen molar-refractivity contribution in [1.82, 2.24) is 19.6 Å². The Kier molecular flexibility index (Phi) is 3.46. The zero-order valence-corrected chi connectivity index (χ0v) is 13.7. The van der Waals surface area contributed by atoms with Crippen LogP contribution in [0.5, 0.6) is 0 Å². The molecular formula is C15H14N4OS2. The minimum atomic E-state index is 0.147. The second kappa shape index (κ2) is 5.48. The molecular weight excluding hydrogens is 316 g/mol. The van der Waals surface area contributed by atoms with E-state index < -0.39 is 0 Å². The van der Waals surface area contributed by atoms with Gasteiger partial charge in [-0.3, -0.25) is 4.79 Å². The summed E-state index contributed by atoms with van der Waals surface area (Å²) in [6, 6.07) is 4.13. The minimum absolute atomic E-state index is 0.147. The van der Waals surface area contributed by atoms with Gasteiger partial charge in [0.25, 0.3) is 5.78 Å². The number of carbonyl (C=O) groups is 1. The van der Waals surface area contributed by atoms with Crippen LogP contribution in [-0.4, -0.2) is 31.1 Å². The summed E-state index contributed by atoms with van der Waals surface area (Å²) in [5.74, 6) is 1.88. The summed E-state index contributed by atoms with van der Waals surface area (Å²) >= 11 is 3.28. The molecule has 1 aliphatic rings. The number of carbonyl (C=O) groups excluding carboxylic acids is 1. The van der Waals surface area contributed by atoms with E-state index in [1.54, 1.807) is 33.8 Å². The van der Waals surface area contributed by atoms with Gasteiger partial charge >= 0.3 is 0 Å². The number of Topliss-reactive ketones (excluding diaryl/α,β-unsaturated/α-hetero) is 1. The van der Waals surface area contributed by atoms with E-state index in [4.69, 9.17) is 0 Å². The van der Waals surface area contributed by atoms with Crippen molar-refractivity contribution in [2.45, 2.75) is 30.8 Å². The fraction of sp³-hybridized carbons (Fsp3) is 0.333. The quantitative estimate of drug-likeness (QED) is 0.690. The van der Waals surface area contributed by atoms with Gasteiger partial charge in [0.1, 0.15) is 0 Å². The first kappa shape index (κ1) is 13.9. The standard InChI is InChI=1S/C15H14N4OS2/c1-2-21-15-17-14-16-11-6-9(13-4-3-5-22-13)7-12(20)10(11)8-19(14)18-15/h3-5,8-9H,2,6-7H2,1H3. The topological polar surface area (TPSA) is 60.1 Å². The number of hydrogen-bond donors (Lipinski definition) is 0. The van der Waals surface area contributed by atoms with Crippen LogP contribution in [0.25, 0.3) is 5.78 Å². The summed E-state index contributed by atoms with van der Waals surface area (Å²) < 4.78 is 1.63. The first-order chi connectivity index (χ1) is 10.7. The third-order valence-electron chi connectivity index (χ3n) is 3.78. The highest BCUT2D eigenvalue weighted by molar-refractivity contribution is 7.99. The van der Waals surface area contributed by atoms with Gasteiger partial charge < -0.3 is 0 Å². The number of ketones is 1. The molecule has 0 N–H and O–H groups in total. The average Bonchev–Trinajstić information content (AvgIpc) is 3.14. The number of nitrogens with zero attached hydrogens (tertiary/aromatic N) is 4. The van der Waals surface area contributed by atoms with E-state index in [9.17, 15) is 4.79 Å². The van der Waals surface area contributed by atoms with Crippen LogP contribution >= 0.6 is 23.1 Å². The van der Waals surface area contributed by atoms with Crippen molar-refractivity contribution in [3.05, 3.63) is 39.8 Å². The fourth-order valence-corrected chi connectivity index (χ4v) is 4.16. The van der Waals surface area contributed by atoms with Gasteiger partial charge in [0.05, 0.1) is 11.3 Å². The minimum Gasteiger partial charge on any atom is -0.294 e. The third kappa shape index (κ3) is 2.34. The summed E-state index contributed by atoms with van der Waals surface area (Å²) in [6.45, 7) is 2.06. The van der Waals surface area contributed by atoms with E-state index in [-0.39, 0.29) is 11.7 Å². The van der Waals surface area contributed by atoms with E-state index in [2.05, 4.69) is 33.4 Å². The van der Waals surface area contributed by atoms with E-state index in [1.807, 2.05) is 6.07 Å². The van der Waals surface area contributed by atoms with Crippen molar-refractivity contribution in [3.63, 3.8) is 0 Å². The van der Waals surface area contributed by atoms with Crippen molar-refractivity contribution in [3.8, 4) is 0 Å². The van der Waals surface area contributed by atoms with Crippen molar-refractivity contribution >= 4 is 34.7 Å². The number of hydrogen-bond acceptors (Lipinski definition) is 6. The Balaban J connectivity index is 1.76. The van der Waals surface area contributed by atoms with Crippen LogP contribution < -0.4 is 0 Å². The maximum atomic E-state index is 12.5. The smallest absolute Gasteiger partial charge is 0.253 e. The molecule has 0 saturated carbocycles. The van der Waals surface area contributed by atoms with Crippen molar-refractivity contribution in [2.24, 2.45) is 0 Å². The summed E-state index contributed by atoms with van der Waals surface area (Å²) in [7, 11) is 0. The highest BCUT2D eigenvalue weighted by Crippen LogP contribution is 2.34. The number of rotatable bonds is 3. The highest BCUT2D eigenvalue weighted by atomic mass is 32.2. The molecule has 1 unspecified atom stereocenters. The van der Waals surface area contributed by atoms with Crippen LogP contribution in [0.1, 0.15) is 40.2 Å². The number of thioether (sulfide) groups is 1. The van der Waals surface area contributed by atoms with Crippen LogP contribution in [0.15, 0.2) is 28.9 Å². The lowest BCUT2D eigenvalue weighted by Gasteiger charge is -2.21. The van der Waals surface area contributed by atoms with Crippen molar-refractivity contribution in [1.29, 1.82) is 0 Å². The van der Waals surface area contributed by atoms with E-state index >= 15 is 0 Å². The average molecular weight is 330 g/mol. The molecule has 0 aromatic carbocycles. The Labute approximate surface area is 135 Å². The molecule has 0 fully saturated rings. The zero-order chi connectivity index (χ0) is 15.1. The van der Waals surface area contributed by atoms with Gasteiger partial charge in [-0.15, -0.1) is 16.4 Å². The van der Waals surface area contributed by atoms with E-state index in [0.717, 1.165) is 17.9 Å². The Hall–Kier alpha value is -1.73. The fourth-order valence-electron chi connectivity index (χ4n) is 2.78. The van der Waals surface area contributed by atoms with E-state index in [0.29, 0.717) is 22.9 Å². The second-order valence-electron chi connectivity index (χ2n) is 5.22. The summed E-state index contributed by atoms with van der Waals surface area (Å²) in [4.78, 5) is 22.7. The number of thiophene rings is 1. The molecule has 22 heavy (non-hydrogen) atoms. The molecule has 0 spiro atoms. The Morgan fingerprint density at radius 2 is 2.32 bits per heavy atom. The maximum absolute atomic E-state index is 12.5. The predicted molar refractivity (Wildman–Crippen MR) is 86.9 cm³/mol. The predicted octanol–water partition coefficient (Wildman–Crippen LogP) is 3.21. The van der Waals surface area contributed by atoms with Gasteiger partial charge in [0.2, 0.25) is 5.16 Å². The Morgan fingerprint density at radius 1 is 1.41 bits per heavy atom. The van der Waals surface area contributed by atoms with Crippen LogP contribution in [0.3, 0.4) is 0 Å². The first-order valence-electron chi connectivity index (χ1n) is 7.20. The lowest BCUT2D eigenvalue weighted by atomic mass is 9.86. The van der Waals surface area contributed by atoms with Gasteiger partial charge in [-0.05, 0) is 23.6 Å². The molecule has 1 aliphatic carbocycles. The van der Waals surface area contributed by atoms with Crippen LogP contribution in [0, 0.1) is 0 Å². The molecule has 7 heteroatoms. The summed E-state index contributed by atoms with van der Waals surface area (Å²) in [5.41, 5.74) is 1.54. The SMILES string of the molecule is CCSc1nc2nc3c(cn2n1)C(=O)CC(c1cccs1)C3. The molecule has 0 aliphatic heterocycles. The summed E-state index contributed by atoms with van der Waals surface area (Å²) in [6.07, 6.45) is 3.13. The molecule has 3 aromatic heterocycles. The zero-order valence-electron chi connectivity index (χ0n) is 12.0. The van der Waals surface area contributed by atoms with Crippen molar-refractivity contribution < 1.29 is 4.79 Å². The molecule has 0 bridgehead atoms. The molecule has 4 rings (SSSR count). The third-order valence-corrected chi connectivity index (χ3v) is 5.54. The molecule has 0 amide bonds. The Morgan fingerprint density at radius 3 is 3.09 bits per heavy atom. The highest BCUT2D eigenvalue weighted by Gasteiger charge is 2.29. The van der Waals surface area contributed by atoms with Crippen LogP contribution in [-0.2, 0) is 6.42 Å². The van der Waals surface area contributed by atoms with Gasteiger partial charge in [0, 0.05) is 23.4 Å². The normalized spacial score (nSPS) is 17.9. The first-order valence-corrected chi connectivity index (χ1v) is 9.07. The molecule has 1 atom stereocenters. The largest absolute Gasteiger partial charge is 0.294 e. The van der Waals surface area contributed by atoms with Gasteiger partial charge in [0.15, 0.2) is 5.78 Å². The molecule has 0 saturated heterocycles. The number of fused-ring (bicyclic) bond motifs is 2. The monoisotopic (exact) mass is 330 g/mol. The molecule has 3 aromatic rings.